The van der Waals surface area contributed by atoms with Crippen molar-refractivity contribution in [3.05, 3.63) is 23.9 Å². The lowest BCUT2D eigenvalue weighted by atomic mass is 9.83. The molecular weight excluding hydrogens is 332 g/mol. The third-order valence-corrected chi connectivity index (χ3v) is 5.24. The maximum atomic E-state index is 11.5. The van der Waals surface area contributed by atoms with E-state index in [1.54, 1.807) is 13.1 Å². The summed E-state index contributed by atoms with van der Waals surface area (Å²) >= 11 is 0. The van der Waals surface area contributed by atoms with Crippen LogP contribution in [0.15, 0.2) is 18.3 Å². The van der Waals surface area contributed by atoms with E-state index in [0.717, 1.165) is 44.4 Å². The molecule has 0 amide bonds. The first kappa shape index (κ1) is 19.1. The zero-order valence-electron chi connectivity index (χ0n) is 15.6. The van der Waals surface area contributed by atoms with Crippen LogP contribution in [0.4, 0.5) is 0 Å². The minimum absolute atomic E-state index is 0.0926. The van der Waals surface area contributed by atoms with Gasteiger partial charge in [0.1, 0.15) is 0 Å². The highest BCUT2D eigenvalue weighted by Gasteiger charge is 2.26. The molecule has 1 saturated heterocycles. The fourth-order valence-electron chi connectivity index (χ4n) is 3.86. The zero-order chi connectivity index (χ0) is 18.2. The largest absolute Gasteiger partial charge is 0.465 e. The first-order valence-corrected chi connectivity index (χ1v) is 9.84. The number of pyridine rings is 1. The van der Waals surface area contributed by atoms with Crippen LogP contribution in [0.5, 0.6) is 5.88 Å². The molecule has 2 aliphatic rings. The zero-order valence-corrected chi connectivity index (χ0v) is 15.6. The van der Waals surface area contributed by atoms with Crippen molar-refractivity contribution in [2.24, 2.45) is 0 Å². The minimum atomic E-state index is -0.360. The molecule has 1 aliphatic carbocycles. The van der Waals surface area contributed by atoms with Gasteiger partial charge in [-0.05, 0) is 64.0 Å². The van der Waals surface area contributed by atoms with E-state index >= 15 is 0 Å². The van der Waals surface area contributed by atoms with E-state index in [0.29, 0.717) is 30.6 Å². The van der Waals surface area contributed by atoms with E-state index in [-0.39, 0.29) is 12.6 Å². The van der Waals surface area contributed by atoms with Crippen LogP contribution in [0.25, 0.3) is 0 Å². The van der Waals surface area contributed by atoms with Crippen LogP contribution in [0.2, 0.25) is 0 Å². The van der Waals surface area contributed by atoms with Crippen LogP contribution in [0, 0.1) is 0 Å². The number of nitrogens with one attached hydrogen (secondary N) is 1. The number of hydrogen-bond acceptors (Lipinski definition) is 6. The Kier molecular flexibility index (Phi) is 7.26. The van der Waals surface area contributed by atoms with Crippen LogP contribution in [-0.4, -0.2) is 49.5 Å². The second-order valence-electron chi connectivity index (χ2n) is 7.09. The van der Waals surface area contributed by atoms with Crippen molar-refractivity contribution < 1.29 is 19.0 Å². The van der Waals surface area contributed by atoms with Crippen molar-refractivity contribution in [2.45, 2.75) is 63.5 Å². The summed E-state index contributed by atoms with van der Waals surface area (Å²) in [6.07, 6.45) is 8.78. The molecule has 1 unspecified atom stereocenters. The Labute approximate surface area is 155 Å². The second-order valence-corrected chi connectivity index (χ2v) is 7.09. The molecule has 3 rings (SSSR count). The van der Waals surface area contributed by atoms with Gasteiger partial charge in [-0.15, -0.1) is 0 Å². The topological polar surface area (TPSA) is 69.7 Å². The summed E-state index contributed by atoms with van der Waals surface area (Å²) in [5.74, 6) is 0.604. The lowest BCUT2D eigenvalue weighted by molar-refractivity contribution is -0.145. The van der Waals surface area contributed by atoms with Crippen molar-refractivity contribution in [2.75, 3.05) is 26.4 Å². The molecule has 1 saturated carbocycles. The van der Waals surface area contributed by atoms with Gasteiger partial charge < -0.3 is 19.5 Å². The van der Waals surface area contributed by atoms with Crippen LogP contribution in [0.1, 0.15) is 56.9 Å². The standard InChI is InChI=1S/C20H30N2O4/c1-2-24-19(23)14-26-20-18(6-4-12-22-20)15-7-9-17(10-8-15)25-13-16-5-3-11-21-16/h4,6,12,15-17,21H,2-3,5,7-11,13-14H2,1H3. The Morgan fingerprint density at radius 3 is 2.85 bits per heavy atom. The molecule has 1 aliphatic heterocycles. The fourth-order valence-corrected chi connectivity index (χ4v) is 3.86. The van der Waals surface area contributed by atoms with Crippen LogP contribution < -0.4 is 10.1 Å². The quantitative estimate of drug-likeness (QED) is 0.717. The molecule has 1 atom stereocenters. The smallest absolute Gasteiger partial charge is 0.344 e. The van der Waals surface area contributed by atoms with Crippen LogP contribution >= 0.6 is 0 Å². The van der Waals surface area contributed by atoms with Gasteiger partial charge >= 0.3 is 5.97 Å². The van der Waals surface area contributed by atoms with Crippen molar-refractivity contribution in [3.63, 3.8) is 0 Å². The summed E-state index contributed by atoms with van der Waals surface area (Å²) in [4.78, 5) is 15.9. The average molecular weight is 362 g/mol. The van der Waals surface area contributed by atoms with Gasteiger partial charge in [0.15, 0.2) is 6.61 Å². The van der Waals surface area contributed by atoms with E-state index in [1.165, 1.54) is 12.8 Å². The van der Waals surface area contributed by atoms with Gasteiger partial charge in [0, 0.05) is 17.8 Å². The van der Waals surface area contributed by atoms with E-state index in [9.17, 15) is 4.79 Å². The van der Waals surface area contributed by atoms with E-state index in [1.807, 2.05) is 6.07 Å². The van der Waals surface area contributed by atoms with Gasteiger partial charge in [0.05, 0.1) is 19.3 Å². The molecule has 2 heterocycles. The summed E-state index contributed by atoms with van der Waals surface area (Å²) in [6.45, 7) is 4.00. The predicted octanol–water partition coefficient (Wildman–Crippen LogP) is 2.82. The Morgan fingerprint density at radius 1 is 1.27 bits per heavy atom. The van der Waals surface area contributed by atoms with Gasteiger partial charge in [-0.25, -0.2) is 9.78 Å². The molecule has 6 nitrogen and oxygen atoms in total. The number of ether oxygens (including phenoxy) is 3. The van der Waals surface area contributed by atoms with E-state index in [2.05, 4.69) is 16.4 Å². The molecule has 0 bridgehead atoms. The van der Waals surface area contributed by atoms with Crippen LogP contribution in [0.3, 0.4) is 0 Å². The number of esters is 1. The van der Waals surface area contributed by atoms with Crippen molar-refractivity contribution in [1.82, 2.24) is 10.3 Å². The Bertz CT molecular complexity index is 567. The Balaban J connectivity index is 1.48. The van der Waals surface area contributed by atoms with Gasteiger partial charge in [-0.1, -0.05) is 6.07 Å². The highest BCUT2D eigenvalue weighted by molar-refractivity contribution is 5.71. The highest BCUT2D eigenvalue weighted by atomic mass is 16.6. The average Bonchev–Trinajstić information content (AvgIpc) is 3.19. The van der Waals surface area contributed by atoms with E-state index < -0.39 is 0 Å². The van der Waals surface area contributed by atoms with Crippen molar-refractivity contribution in [1.29, 1.82) is 0 Å². The Morgan fingerprint density at radius 2 is 2.12 bits per heavy atom. The highest BCUT2D eigenvalue weighted by Crippen LogP contribution is 2.37. The van der Waals surface area contributed by atoms with Crippen molar-refractivity contribution >= 4 is 5.97 Å². The number of aromatic nitrogens is 1. The molecule has 26 heavy (non-hydrogen) atoms. The molecule has 0 spiro atoms. The lowest BCUT2D eigenvalue weighted by Gasteiger charge is -2.30. The van der Waals surface area contributed by atoms with Gasteiger partial charge in [-0.3, -0.25) is 0 Å². The monoisotopic (exact) mass is 362 g/mol. The lowest BCUT2D eigenvalue weighted by Crippen LogP contribution is -2.31. The Hall–Kier alpha value is -1.66. The normalized spacial score (nSPS) is 25.8. The first-order chi connectivity index (χ1) is 12.8. The maximum absolute atomic E-state index is 11.5. The minimum Gasteiger partial charge on any atom is -0.465 e. The molecular formula is C20H30N2O4. The van der Waals surface area contributed by atoms with Gasteiger partial charge in [0.2, 0.25) is 5.88 Å². The number of carbonyl (C=O) groups is 1. The summed E-state index contributed by atoms with van der Waals surface area (Å²) in [7, 11) is 0. The number of nitrogens with zero attached hydrogens (tertiary/aromatic N) is 1. The molecule has 1 N–H and O–H groups in total. The second kappa shape index (κ2) is 9.88. The molecule has 0 radical (unpaired) electrons. The third kappa shape index (κ3) is 5.42. The number of rotatable bonds is 8. The summed E-state index contributed by atoms with van der Waals surface area (Å²) in [5, 5.41) is 3.48. The molecule has 1 aromatic rings. The number of carbonyl (C=O) groups excluding carboxylic acids is 1. The van der Waals surface area contributed by atoms with Gasteiger partial charge in [-0.2, -0.15) is 0 Å². The molecule has 1 aromatic heterocycles. The summed E-state index contributed by atoms with van der Waals surface area (Å²) < 4.78 is 16.7. The summed E-state index contributed by atoms with van der Waals surface area (Å²) in [6, 6.07) is 4.52. The third-order valence-electron chi connectivity index (χ3n) is 5.24. The maximum Gasteiger partial charge on any atom is 0.344 e. The first-order valence-electron chi connectivity index (χ1n) is 9.84. The summed E-state index contributed by atoms with van der Waals surface area (Å²) in [5.41, 5.74) is 1.09. The fraction of sp³-hybridized carbons (Fsp3) is 0.700. The van der Waals surface area contributed by atoms with E-state index in [4.69, 9.17) is 14.2 Å². The SMILES string of the molecule is CCOC(=O)COc1ncccc1C1CCC(OCC2CCCN2)CC1. The van der Waals surface area contributed by atoms with Gasteiger partial charge in [0.25, 0.3) is 0 Å². The van der Waals surface area contributed by atoms with Crippen molar-refractivity contribution in [3.8, 4) is 5.88 Å². The molecule has 2 fully saturated rings. The molecule has 0 aromatic carbocycles. The van der Waals surface area contributed by atoms with Crippen LogP contribution in [-0.2, 0) is 14.3 Å². The molecule has 144 valence electrons. The molecule has 6 heteroatoms. The number of hydrogen-bond donors (Lipinski definition) is 1. The predicted molar refractivity (Wildman–Crippen MR) is 98.3 cm³/mol.